The van der Waals surface area contributed by atoms with Crippen LogP contribution < -0.4 is 11.1 Å². The fourth-order valence-corrected chi connectivity index (χ4v) is 3.84. The number of nitrogens with one attached hydrogen (secondary N) is 1. The monoisotopic (exact) mass is 345 g/mol. The van der Waals surface area contributed by atoms with E-state index in [1.54, 1.807) is 12.4 Å². The first-order valence-corrected chi connectivity index (χ1v) is 7.66. The third kappa shape index (κ3) is 4.34. The van der Waals surface area contributed by atoms with Crippen LogP contribution in [0.3, 0.4) is 0 Å². The number of rotatable bonds is 3. The number of halogens is 2. The Bertz CT molecular complexity index is 458. The van der Waals surface area contributed by atoms with Crippen LogP contribution in [0.4, 0.5) is 0 Å². The first-order chi connectivity index (χ1) is 9.74. The van der Waals surface area contributed by atoms with Gasteiger partial charge in [0.25, 0.3) is 0 Å². The molecule has 2 unspecified atom stereocenters. The number of carbonyl (C=O) groups is 1. The molecule has 2 saturated carbocycles. The first kappa shape index (κ1) is 19.2. The topological polar surface area (TPSA) is 68.0 Å². The second-order valence-electron chi connectivity index (χ2n) is 6.28. The van der Waals surface area contributed by atoms with Gasteiger partial charge < -0.3 is 11.1 Å². The fourth-order valence-electron chi connectivity index (χ4n) is 3.84. The molecule has 2 bridgehead atoms. The number of amides is 1. The Morgan fingerprint density at radius 2 is 1.95 bits per heavy atom. The molecule has 0 spiro atoms. The van der Waals surface area contributed by atoms with Crippen LogP contribution in [-0.4, -0.2) is 16.9 Å². The molecule has 3 N–H and O–H groups in total. The lowest BCUT2D eigenvalue weighted by Crippen LogP contribution is -2.49. The van der Waals surface area contributed by atoms with Gasteiger partial charge in [-0.15, -0.1) is 24.8 Å². The van der Waals surface area contributed by atoms with Crippen molar-refractivity contribution in [1.29, 1.82) is 0 Å². The minimum atomic E-state index is 0. The predicted molar refractivity (Wildman–Crippen MR) is 92.1 cm³/mol. The van der Waals surface area contributed by atoms with Crippen LogP contribution in [-0.2, 0) is 11.3 Å². The molecule has 0 aromatic carbocycles. The van der Waals surface area contributed by atoms with Gasteiger partial charge in [-0.05, 0) is 49.1 Å². The van der Waals surface area contributed by atoms with E-state index in [1.165, 1.54) is 19.3 Å². The molecular formula is C16H25Cl2N3O. The SMILES string of the molecule is Cl.Cl.NC1C2CCCC1CC(C(=O)NCc1cccnc1)C2. The molecule has 2 aliphatic carbocycles. The zero-order valence-corrected chi connectivity index (χ0v) is 14.2. The van der Waals surface area contributed by atoms with Gasteiger partial charge in [0, 0.05) is 30.9 Å². The summed E-state index contributed by atoms with van der Waals surface area (Å²) < 4.78 is 0. The number of carbonyl (C=O) groups excluding carboxylic acids is 1. The standard InChI is InChI=1S/C16H23N3O.2ClH/c17-15-12-4-1-5-13(15)8-14(7-12)16(20)19-10-11-3-2-6-18-9-11;;/h2-3,6,9,12-15H,1,4-5,7-8,10,17H2,(H,19,20);2*1H. The van der Waals surface area contributed by atoms with E-state index in [2.05, 4.69) is 10.3 Å². The summed E-state index contributed by atoms with van der Waals surface area (Å²) in [5.41, 5.74) is 7.32. The fraction of sp³-hybridized carbons (Fsp3) is 0.625. The van der Waals surface area contributed by atoms with Crippen LogP contribution in [0.15, 0.2) is 24.5 Å². The molecule has 0 radical (unpaired) electrons. The number of fused-ring (bicyclic) bond motifs is 2. The minimum absolute atomic E-state index is 0. The van der Waals surface area contributed by atoms with Crippen LogP contribution in [0.25, 0.3) is 0 Å². The Balaban J connectivity index is 0.00000121. The van der Waals surface area contributed by atoms with E-state index in [4.69, 9.17) is 5.73 Å². The largest absolute Gasteiger partial charge is 0.352 e. The van der Waals surface area contributed by atoms with Crippen molar-refractivity contribution in [3.8, 4) is 0 Å². The van der Waals surface area contributed by atoms with Crippen molar-refractivity contribution in [3.05, 3.63) is 30.1 Å². The van der Waals surface area contributed by atoms with E-state index < -0.39 is 0 Å². The average Bonchev–Trinajstić information content (AvgIpc) is 2.45. The second-order valence-corrected chi connectivity index (χ2v) is 6.28. The van der Waals surface area contributed by atoms with Crippen LogP contribution in [0.1, 0.15) is 37.7 Å². The van der Waals surface area contributed by atoms with Gasteiger partial charge in [-0.1, -0.05) is 12.5 Å². The molecule has 6 heteroatoms. The Labute approximate surface area is 144 Å². The molecule has 1 heterocycles. The lowest BCUT2D eigenvalue weighted by Gasteiger charge is -2.43. The maximum atomic E-state index is 12.3. The van der Waals surface area contributed by atoms with Gasteiger partial charge in [-0.2, -0.15) is 0 Å². The summed E-state index contributed by atoms with van der Waals surface area (Å²) in [6.07, 6.45) is 9.16. The predicted octanol–water partition coefficient (Wildman–Crippen LogP) is 2.70. The summed E-state index contributed by atoms with van der Waals surface area (Å²) >= 11 is 0. The third-order valence-corrected chi connectivity index (χ3v) is 4.97. The van der Waals surface area contributed by atoms with Gasteiger partial charge >= 0.3 is 0 Å². The van der Waals surface area contributed by atoms with Crippen LogP contribution in [0.5, 0.6) is 0 Å². The highest BCUT2D eigenvalue weighted by Crippen LogP contribution is 2.41. The molecule has 2 atom stereocenters. The number of hydrogen-bond donors (Lipinski definition) is 2. The number of hydrogen-bond acceptors (Lipinski definition) is 3. The summed E-state index contributed by atoms with van der Waals surface area (Å²) in [5, 5.41) is 3.05. The maximum absolute atomic E-state index is 12.3. The van der Waals surface area contributed by atoms with E-state index >= 15 is 0 Å². The summed E-state index contributed by atoms with van der Waals surface area (Å²) in [7, 11) is 0. The van der Waals surface area contributed by atoms with E-state index in [-0.39, 0.29) is 36.6 Å². The van der Waals surface area contributed by atoms with Crippen LogP contribution in [0, 0.1) is 17.8 Å². The van der Waals surface area contributed by atoms with Crippen molar-refractivity contribution in [2.75, 3.05) is 0 Å². The molecule has 2 fully saturated rings. The Kier molecular flexibility index (Phi) is 7.60. The zero-order chi connectivity index (χ0) is 13.9. The molecule has 0 saturated heterocycles. The van der Waals surface area contributed by atoms with E-state index in [9.17, 15) is 4.79 Å². The Morgan fingerprint density at radius 1 is 1.27 bits per heavy atom. The van der Waals surface area contributed by atoms with Gasteiger partial charge in [0.15, 0.2) is 0 Å². The number of aromatic nitrogens is 1. The van der Waals surface area contributed by atoms with Gasteiger partial charge in [-0.3, -0.25) is 9.78 Å². The highest BCUT2D eigenvalue weighted by atomic mass is 35.5. The van der Waals surface area contributed by atoms with Crippen LogP contribution >= 0.6 is 24.8 Å². The number of nitrogens with zero attached hydrogens (tertiary/aromatic N) is 1. The number of nitrogens with two attached hydrogens (primary N) is 1. The average molecular weight is 346 g/mol. The minimum Gasteiger partial charge on any atom is -0.352 e. The highest BCUT2D eigenvalue weighted by molar-refractivity contribution is 5.85. The van der Waals surface area contributed by atoms with Gasteiger partial charge in [0.05, 0.1) is 0 Å². The van der Waals surface area contributed by atoms with Gasteiger partial charge in [-0.25, -0.2) is 0 Å². The molecule has 3 rings (SSSR count). The lowest BCUT2D eigenvalue weighted by atomic mass is 9.65. The first-order valence-electron chi connectivity index (χ1n) is 7.66. The molecule has 4 nitrogen and oxygen atoms in total. The van der Waals surface area contributed by atoms with Gasteiger partial charge in [0.1, 0.15) is 0 Å². The molecule has 1 amide bonds. The molecular weight excluding hydrogens is 321 g/mol. The normalized spacial score (nSPS) is 29.7. The van der Waals surface area contributed by atoms with E-state index in [1.807, 2.05) is 12.1 Å². The summed E-state index contributed by atoms with van der Waals surface area (Å²) in [6, 6.07) is 4.20. The Morgan fingerprint density at radius 3 is 2.55 bits per heavy atom. The van der Waals surface area contributed by atoms with Crippen molar-refractivity contribution in [2.45, 2.75) is 44.7 Å². The molecule has 1 aromatic rings. The molecule has 22 heavy (non-hydrogen) atoms. The van der Waals surface area contributed by atoms with Crippen LogP contribution in [0.2, 0.25) is 0 Å². The summed E-state index contributed by atoms with van der Waals surface area (Å²) in [4.78, 5) is 16.4. The summed E-state index contributed by atoms with van der Waals surface area (Å²) in [5.74, 6) is 1.45. The van der Waals surface area contributed by atoms with Crippen molar-refractivity contribution >= 4 is 30.7 Å². The highest BCUT2D eigenvalue weighted by Gasteiger charge is 2.40. The zero-order valence-electron chi connectivity index (χ0n) is 12.6. The lowest BCUT2D eigenvalue weighted by molar-refractivity contribution is -0.128. The Hall–Kier alpha value is -0.840. The molecule has 2 aliphatic rings. The van der Waals surface area contributed by atoms with E-state index in [0.717, 1.165) is 18.4 Å². The maximum Gasteiger partial charge on any atom is 0.223 e. The van der Waals surface area contributed by atoms with Crippen molar-refractivity contribution in [3.63, 3.8) is 0 Å². The van der Waals surface area contributed by atoms with Crippen molar-refractivity contribution in [1.82, 2.24) is 10.3 Å². The van der Waals surface area contributed by atoms with Crippen molar-refractivity contribution in [2.24, 2.45) is 23.5 Å². The molecule has 124 valence electrons. The van der Waals surface area contributed by atoms with Crippen molar-refractivity contribution < 1.29 is 4.79 Å². The number of pyridine rings is 1. The molecule has 1 aromatic heterocycles. The van der Waals surface area contributed by atoms with Gasteiger partial charge in [0.2, 0.25) is 5.91 Å². The second kappa shape index (κ2) is 8.70. The summed E-state index contributed by atoms with van der Waals surface area (Å²) in [6.45, 7) is 0.574. The quantitative estimate of drug-likeness (QED) is 0.884. The molecule has 0 aliphatic heterocycles. The third-order valence-electron chi connectivity index (χ3n) is 4.97. The van der Waals surface area contributed by atoms with E-state index in [0.29, 0.717) is 24.4 Å². The smallest absolute Gasteiger partial charge is 0.223 e.